The molecule has 0 aromatic heterocycles. The van der Waals surface area contributed by atoms with Crippen molar-refractivity contribution in [3.05, 3.63) is 53.6 Å². The standard InChI is InChI=1S/C21H27NO3/c1-6-19(25-20-12-7-9-15(4)16(20)5)21(23)22-17-10-8-11-18(13-17)24-14(2)3/h7-14,19H,6H2,1-5H3,(H,22,23)/t19-/m0/s1. The second kappa shape index (κ2) is 8.56. The van der Waals surface area contributed by atoms with E-state index in [0.29, 0.717) is 12.1 Å². The van der Waals surface area contributed by atoms with E-state index in [1.165, 1.54) is 0 Å². The Kier molecular flexibility index (Phi) is 6.45. The third-order valence-electron chi connectivity index (χ3n) is 3.96. The minimum absolute atomic E-state index is 0.0852. The van der Waals surface area contributed by atoms with E-state index in [1.54, 1.807) is 0 Å². The molecule has 0 heterocycles. The molecule has 1 amide bonds. The predicted molar refractivity (Wildman–Crippen MR) is 101 cm³/mol. The molecule has 0 aliphatic rings. The molecule has 2 aromatic carbocycles. The van der Waals surface area contributed by atoms with Crippen LogP contribution in [0.15, 0.2) is 42.5 Å². The molecule has 0 saturated heterocycles. The second-order valence-corrected chi connectivity index (χ2v) is 6.40. The smallest absolute Gasteiger partial charge is 0.265 e. The van der Waals surface area contributed by atoms with Gasteiger partial charge in [0.2, 0.25) is 0 Å². The molecule has 0 aliphatic heterocycles. The van der Waals surface area contributed by atoms with Crippen molar-refractivity contribution in [2.45, 2.75) is 53.2 Å². The zero-order valence-electron chi connectivity index (χ0n) is 15.6. The molecule has 0 aliphatic carbocycles. The van der Waals surface area contributed by atoms with Crippen LogP contribution in [0.5, 0.6) is 11.5 Å². The van der Waals surface area contributed by atoms with Crippen molar-refractivity contribution in [1.82, 2.24) is 0 Å². The van der Waals surface area contributed by atoms with Gasteiger partial charge in [-0.25, -0.2) is 0 Å². The van der Waals surface area contributed by atoms with Crippen molar-refractivity contribution in [2.75, 3.05) is 5.32 Å². The van der Waals surface area contributed by atoms with Gasteiger partial charge in [0.25, 0.3) is 5.91 Å². The van der Waals surface area contributed by atoms with Crippen molar-refractivity contribution in [2.24, 2.45) is 0 Å². The molecule has 2 aromatic rings. The highest BCUT2D eigenvalue weighted by molar-refractivity contribution is 5.94. The molecule has 0 bridgehead atoms. The van der Waals surface area contributed by atoms with E-state index >= 15 is 0 Å². The number of amides is 1. The molecule has 25 heavy (non-hydrogen) atoms. The Morgan fingerprint density at radius 3 is 2.48 bits per heavy atom. The van der Waals surface area contributed by atoms with Crippen molar-refractivity contribution >= 4 is 11.6 Å². The number of aryl methyl sites for hydroxylation is 1. The summed E-state index contributed by atoms with van der Waals surface area (Å²) >= 11 is 0. The maximum Gasteiger partial charge on any atom is 0.265 e. The Morgan fingerprint density at radius 2 is 1.80 bits per heavy atom. The monoisotopic (exact) mass is 341 g/mol. The average Bonchev–Trinajstić information content (AvgIpc) is 2.55. The van der Waals surface area contributed by atoms with Crippen LogP contribution in [-0.2, 0) is 4.79 Å². The lowest BCUT2D eigenvalue weighted by molar-refractivity contribution is -0.122. The molecule has 0 unspecified atom stereocenters. The number of carbonyl (C=O) groups excluding carboxylic acids is 1. The molecule has 0 saturated carbocycles. The first-order valence-corrected chi connectivity index (χ1v) is 8.71. The van der Waals surface area contributed by atoms with Crippen LogP contribution in [-0.4, -0.2) is 18.1 Å². The van der Waals surface area contributed by atoms with Gasteiger partial charge in [-0.3, -0.25) is 4.79 Å². The Balaban J connectivity index is 2.08. The van der Waals surface area contributed by atoms with Gasteiger partial charge in [0.1, 0.15) is 11.5 Å². The Bertz CT molecular complexity index is 725. The fraction of sp³-hybridized carbons (Fsp3) is 0.381. The number of anilines is 1. The quantitative estimate of drug-likeness (QED) is 0.780. The largest absolute Gasteiger partial charge is 0.491 e. The van der Waals surface area contributed by atoms with Gasteiger partial charge in [-0.1, -0.05) is 25.1 Å². The number of hydrogen-bond donors (Lipinski definition) is 1. The lowest BCUT2D eigenvalue weighted by Gasteiger charge is -2.19. The fourth-order valence-corrected chi connectivity index (χ4v) is 2.47. The summed E-state index contributed by atoms with van der Waals surface area (Å²) in [5, 5.41) is 2.92. The summed E-state index contributed by atoms with van der Waals surface area (Å²) in [4.78, 5) is 12.6. The molecule has 0 radical (unpaired) electrons. The molecule has 2 rings (SSSR count). The van der Waals surface area contributed by atoms with Gasteiger partial charge >= 0.3 is 0 Å². The molecular weight excluding hydrogens is 314 g/mol. The maximum atomic E-state index is 12.6. The van der Waals surface area contributed by atoms with Gasteiger partial charge in [0.15, 0.2) is 6.10 Å². The number of ether oxygens (including phenoxy) is 2. The van der Waals surface area contributed by atoms with E-state index in [0.717, 1.165) is 22.6 Å². The fourth-order valence-electron chi connectivity index (χ4n) is 2.47. The Hall–Kier alpha value is -2.49. The lowest BCUT2D eigenvalue weighted by Crippen LogP contribution is -2.32. The zero-order chi connectivity index (χ0) is 18.4. The first-order valence-electron chi connectivity index (χ1n) is 8.71. The van der Waals surface area contributed by atoms with Crippen LogP contribution in [0.25, 0.3) is 0 Å². The molecule has 1 atom stereocenters. The molecule has 4 heteroatoms. The molecular formula is C21H27NO3. The van der Waals surface area contributed by atoms with E-state index in [9.17, 15) is 4.79 Å². The molecule has 134 valence electrons. The van der Waals surface area contributed by atoms with E-state index in [-0.39, 0.29) is 12.0 Å². The minimum atomic E-state index is -0.546. The predicted octanol–water partition coefficient (Wildman–Crippen LogP) is 4.89. The number of benzene rings is 2. The topological polar surface area (TPSA) is 47.6 Å². The van der Waals surface area contributed by atoms with Gasteiger partial charge < -0.3 is 14.8 Å². The van der Waals surface area contributed by atoms with Crippen LogP contribution in [0.2, 0.25) is 0 Å². The highest BCUT2D eigenvalue weighted by atomic mass is 16.5. The maximum absolute atomic E-state index is 12.6. The minimum Gasteiger partial charge on any atom is -0.491 e. The summed E-state index contributed by atoms with van der Waals surface area (Å²) in [6.45, 7) is 9.91. The third-order valence-corrected chi connectivity index (χ3v) is 3.96. The van der Waals surface area contributed by atoms with Crippen molar-refractivity contribution in [3.63, 3.8) is 0 Å². The normalized spacial score (nSPS) is 11.9. The average molecular weight is 341 g/mol. The van der Waals surface area contributed by atoms with E-state index in [1.807, 2.05) is 77.1 Å². The SMILES string of the molecule is CC[C@H](Oc1cccc(C)c1C)C(=O)Nc1cccc(OC(C)C)c1. The number of rotatable bonds is 7. The van der Waals surface area contributed by atoms with Crippen molar-refractivity contribution in [1.29, 1.82) is 0 Å². The molecule has 0 spiro atoms. The molecule has 0 fully saturated rings. The van der Waals surface area contributed by atoms with Crippen molar-refractivity contribution in [3.8, 4) is 11.5 Å². The van der Waals surface area contributed by atoms with Gasteiger partial charge in [-0.05, 0) is 63.4 Å². The van der Waals surface area contributed by atoms with Crippen LogP contribution < -0.4 is 14.8 Å². The Labute approximate surface area is 150 Å². The highest BCUT2D eigenvalue weighted by Crippen LogP contribution is 2.23. The second-order valence-electron chi connectivity index (χ2n) is 6.40. The van der Waals surface area contributed by atoms with Crippen LogP contribution in [0, 0.1) is 13.8 Å². The third kappa shape index (κ3) is 5.24. The number of carbonyl (C=O) groups is 1. The zero-order valence-corrected chi connectivity index (χ0v) is 15.6. The number of nitrogens with one attached hydrogen (secondary N) is 1. The summed E-state index contributed by atoms with van der Waals surface area (Å²) in [5.74, 6) is 1.32. The summed E-state index contributed by atoms with van der Waals surface area (Å²) in [6.07, 6.45) is 0.124. The lowest BCUT2D eigenvalue weighted by atomic mass is 10.1. The van der Waals surface area contributed by atoms with Gasteiger partial charge in [0, 0.05) is 11.8 Å². The van der Waals surface area contributed by atoms with E-state index in [4.69, 9.17) is 9.47 Å². The van der Waals surface area contributed by atoms with Crippen LogP contribution >= 0.6 is 0 Å². The Morgan fingerprint density at radius 1 is 1.08 bits per heavy atom. The van der Waals surface area contributed by atoms with E-state index < -0.39 is 6.10 Å². The van der Waals surface area contributed by atoms with Crippen LogP contribution in [0.1, 0.15) is 38.3 Å². The summed E-state index contributed by atoms with van der Waals surface area (Å²) in [5.41, 5.74) is 2.90. The van der Waals surface area contributed by atoms with Crippen LogP contribution in [0.4, 0.5) is 5.69 Å². The van der Waals surface area contributed by atoms with Crippen molar-refractivity contribution < 1.29 is 14.3 Å². The van der Waals surface area contributed by atoms with Crippen LogP contribution in [0.3, 0.4) is 0 Å². The molecule has 1 N–H and O–H groups in total. The summed E-state index contributed by atoms with van der Waals surface area (Å²) in [6, 6.07) is 13.3. The van der Waals surface area contributed by atoms with Gasteiger partial charge in [0.05, 0.1) is 6.10 Å². The summed E-state index contributed by atoms with van der Waals surface area (Å²) in [7, 11) is 0. The van der Waals surface area contributed by atoms with Gasteiger partial charge in [-0.2, -0.15) is 0 Å². The summed E-state index contributed by atoms with van der Waals surface area (Å²) < 4.78 is 11.6. The highest BCUT2D eigenvalue weighted by Gasteiger charge is 2.19. The first-order chi connectivity index (χ1) is 11.9. The molecule has 4 nitrogen and oxygen atoms in total. The van der Waals surface area contributed by atoms with Gasteiger partial charge in [-0.15, -0.1) is 0 Å². The first kappa shape index (κ1) is 18.8. The van der Waals surface area contributed by atoms with E-state index in [2.05, 4.69) is 5.32 Å². The number of hydrogen-bond acceptors (Lipinski definition) is 3.